The number of guanidine groups is 1. The van der Waals surface area contributed by atoms with E-state index in [0.717, 1.165) is 0 Å². The highest BCUT2D eigenvalue weighted by Gasteiger charge is 2.28. The number of thiol groups is 1. The van der Waals surface area contributed by atoms with Crippen molar-refractivity contribution in [2.75, 3.05) is 18.8 Å². The van der Waals surface area contributed by atoms with Crippen molar-refractivity contribution in [2.45, 2.75) is 37.4 Å². The van der Waals surface area contributed by atoms with Crippen LogP contribution < -0.4 is 33.2 Å². The van der Waals surface area contributed by atoms with E-state index in [2.05, 4.69) is 33.6 Å². The number of rotatable bonds is 14. The Kier molecular flexibility index (Phi) is 12.2. The van der Waals surface area contributed by atoms with Crippen LogP contribution in [0, 0.1) is 0 Å². The third-order valence-corrected chi connectivity index (χ3v) is 4.95. The number of carbonyl (C=O) groups is 4. The van der Waals surface area contributed by atoms with Gasteiger partial charge in [0.25, 0.3) is 0 Å². The number of aromatic hydroxyl groups is 1. The second-order valence-corrected chi connectivity index (χ2v) is 7.65. The predicted octanol–water partition coefficient (Wildman–Crippen LogP) is -2.58. The molecule has 0 saturated carbocycles. The Hall–Kier alpha value is -3.52. The summed E-state index contributed by atoms with van der Waals surface area (Å²) in [4.78, 5) is 52.6. The number of nitrogens with zero attached hydrogens (tertiary/aromatic N) is 1. The first kappa shape index (κ1) is 28.5. The molecule has 0 aromatic heterocycles. The number of amides is 3. The van der Waals surface area contributed by atoms with E-state index in [9.17, 15) is 29.4 Å². The van der Waals surface area contributed by atoms with E-state index in [4.69, 9.17) is 17.2 Å². The number of carbonyl (C=O) groups excluding carboxylic acids is 3. The zero-order valence-electron chi connectivity index (χ0n) is 18.4. The normalized spacial score (nSPS) is 13.1. The van der Waals surface area contributed by atoms with Crippen LogP contribution in [0.5, 0.6) is 5.75 Å². The topological polar surface area (TPSA) is 235 Å². The molecule has 1 aromatic rings. The monoisotopic (exact) mass is 497 g/mol. The number of nitrogens with one attached hydrogen (secondary N) is 3. The van der Waals surface area contributed by atoms with E-state index in [-0.39, 0.29) is 43.4 Å². The fraction of sp³-hybridized carbons (Fsp3) is 0.450. The summed E-state index contributed by atoms with van der Waals surface area (Å²) in [6, 6.07) is 2.37. The smallest absolute Gasteiger partial charge is 0.326 e. The summed E-state index contributed by atoms with van der Waals surface area (Å²) < 4.78 is 0. The molecule has 13 nitrogen and oxygen atoms in total. The maximum absolute atomic E-state index is 12.7. The molecule has 0 saturated heterocycles. The zero-order chi connectivity index (χ0) is 25.7. The van der Waals surface area contributed by atoms with Crippen molar-refractivity contribution in [3.63, 3.8) is 0 Å². The van der Waals surface area contributed by atoms with Gasteiger partial charge < -0.3 is 43.4 Å². The van der Waals surface area contributed by atoms with Gasteiger partial charge in [-0.05, 0) is 30.5 Å². The number of phenolic OH excluding ortho intramolecular Hbond substituents is 1. The molecule has 0 spiro atoms. The standard InChI is InChI=1S/C20H31N7O6S/c21-9-16(29)25-13(2-1-7-24-20(22)23)17(30)27-15(10-34)18(31)26-14(19(32)33)8-11-3-5-12(28)6-4-11/h3-6,13-15,28,34H,1-2,7-10,21H2,(H,25,29)(H,26,31)(H,27,30)(H,32,33)(H4,22,23,24). The summed E-state index contributed by atoms with van der Waals surface area (Å²) in [5.74, 6) is -3.52. The first-order valence-electron chi connectivity index (χ1n) is 10.3. The molecule has 11 N–H and O–H groups in total. The van der Waals surface area contributed by atoms with Gasteiger partial charge in [0.05, 0.1) is 6.54 Å². The van der Waals surface area contributed by atoms with Crippen LogP contribution in [0.15, 0.2) is 29.3 Å². The largest absolute Gasteiger partial charge is 0.508 e. The quantitative estimate of drug-likeness (QED) is 0.0567. The molecule has 0 bridgehead atoms. The van der Waals surface area contributed by atoms with Crippen LogP contribution in [0.3, 0.4) is 0 Å². The van der Waals surface area contributed by atoms with E-state index in [0.29, 0.717) is 12.0 Å². The van der Waals surface area contributed by atoms with Gasteiger partial charge in [-0.15, -0.1) is 0 Å². The van der Waals surface area contributed by atoms with E-state index in [1.165, 1.54) is 24.3 Å². The van der Waals surface area contributed by atoms with Gasteiger partial charge in [0.2, 0.25) is 17.7 Å². The van der Waals surface area contributed by atoms with Crippen LogP contribution >= 0.6 is 12.6 Å². The average Bonchev–Trinajstić information content (AvgIpc) is 2.79. The molecular formula is C20H31N7O6S. The minimum absolute atomic E-state index is 0.0205. The molecule has 1 aromatic carbocycles. The molecule has 3 amide bonds. The van der Waals surface area contributed by atoms with Crippen molar-refractivity contribution in [3.05, 3.63) is 29.8 Å². The first-order chi connectivity index (χ1) is 16.1. The van der Waals surface area contributed by atoms with E-state index in [1.807, 2.05) is 0 Å². The third kappa shape index (κ3) is 10.4. The predicted molar refractivity (Wildman–Crippen MR) is 128 cm³/mol. The summed E-state index contributed by atoms with van der Waals surface area (Å²) >= 11 is 4.08. The van der Waals surface area contributed by atoms with Crippen LogP contribution in [0.25, 0.3) is 0 Å². The molecule has 1 rings (SSSR count). The van der Waals surface area contributed by atoms with Gasteiger partial charge in [0.15, 0.2) is 5.96 Å². The molecule has 3 unspecified atom stereocenters. The van der Waals surface area contributed by atoms with Gasteiger partial charge in [0, 0.05) is 18.7 Å². The summed E-state index contributed by atoms with van der Waals surface area (Å²) in [5, 5.41) is 26.1. The van der Waals surface area contributed by atoms with Gasteiger partial charge in [-0.25, -0.2) is 4.79 Å². The SMILES string of the molecule is NCC(=O)NC(CCCN=C(N)N)C(=O)NC(CS)C(=O)NC(Cc1ccc(O)cc1)C(=O)O. The number of benzene rings is 1. The van der Waals surface area contributed by atoms with Crippen molar-refractivity contribution >= 4 is 42.3 Å². The molecule has 0 radical (unpaired) electrons. The van der Waals surface area contributed by atoms with Gasteiger partial charge in [-0.3, -0.25) is 19.4 Å². The van der Waals surface area contributed by atoms with Gasteiger partial charge in [0.1, 0.15) is 23.9 Å². The second kappa shape index (κ2) is 14.6. The lowest BCUT2D eigenvalue weighted by atomic mass is 10.1. The maximum Gasteiger partial charge on any atom is 0.326 e. The molecule has 3 atom stereocenters. The molecule has 14 heteroatoms. The van der Waals surface area contributed by atoms with Gasteiger partial charge in [-0.2, -0.15) is 12.6 Å². The van der Waals surface area contributed by atoms with Crippen molar-refractivity contribution in [1.29, 1.82) is 0 Å². The molecule has 34 heavy (non-hydrogen) atoms. The lowest BCUT2D eigenvalue weighted by Gasteiger charge is -2.23. The Morgan fingerprint density at radius 2 is 1.56 bits per heavy atom. The number of aliphatic carboxylic acids is 1. The lowest BCUT2D eigenvalue weighted by molar-refractivity contribution is -0.142. The second-order valence-electron chi connectivity index (χ2n) is 7.29. The molecule has 0 aliphatic rings. The Morgan fingerprint density at radius 1 is 0.971 bits per heavy atom. The van der Waals surface area contributed by atoms with Crippen LogP contribution in [-0.4, -0.2) is 76.8 Å². The van der Waals surface area contributed by atoms with Crippen molar-refractivity contribution in [3.8, 4) is 5.75 Å². The number of nitrogens with two attached hydrogens (primary N) is 3. The van der Waals surface area contributed by atoms with Crippen LogP contribution in [0.2, 0.25) is 0 Å². The minimum Gasteiger partial charge on any atom is -0.508 e. The number of hydrogen-bond acceptors (Lipinski definition) is 8. The van der Waals surface area contributed by atoms with Crippen LogP contribution in [0.4, 0.5) is 0 Å². The van der Waals surface area contributed by atoms with Gasteiger partial charge >= 0.3 is 5.97 Å². The Morgan fingerprint density at radius 3 is 2.09 bits per heavy atom. The number of carboxylic acid groups (broad SMARTS) is 1. The highest BCUT2D eigenvalue weighted by Crippen LogP contribution is 2.11. The van der Waals surface area contributed by atoms with Crippen molar-refractivity contribution < 1.29 is 29.4 Å². The highest BCUT2D eigenvalue weighted by atomic mass is 32.1. The van der Waals surface area contributed by atoms with Gasteiger partial charge in [-0.1, -0.05) is 12.1 Å². The Bertz CT molecular complexity index is 877. The summed E-state index contributed by atoms with van der Waals surface area (Å²) in [5.41, 5.74) is 16.4. The van der Waals surface area contributed by atoms with Crippen LogP contribution in [-0.2, 0) is 25.6 Å². The molecule has 188 valence electrons. The summed E-state index contributed by atoms with van der Waals surface area (Å²) in [6.07, 6.45) is 0.467. The molecule has 0 fully saturated rings. The number of phenols is 1. The number of aliphatic imine (C=N–C) groups is 1. The Balaban J connectivity index is 2.83. The van der Waals surface area contributed by atoms with E-state index < -0.39 is 41.8 Å². The van der Waals surface area contributed by atoms with E-state index in [1.54, 1.807) is 0 Å². The third-order valence-electron chi connectivity index (χ3n) is 4.59. The molecule has 0 heterocycles. The fourth-order valence-electron chi connectivity index (χ4n) is 2.83. The van der Waals surface area contributed by atoms with Crippen LogP contribution in [0.1, 0.15) is 18.4 Å². The number of carboxylic acids is 1. The van der Waals surface area contributed by atoms with Crippen molar-refractivity contribution in [1.82, 2.24) is 16.0 Å². The Labute approximate surface area is 201 Å². The molecular weight excluding hydrogens is 466 g/mol. The molecule has 0 aliphatic heterocycles. The number of hydrogen-bond donors (Lipinski definition) is 9. The lowest BCUT2D eigenvalue weighted by Crippen LogP contribution is -2.57. The minimum atomic E-state index is -1.29. The summed E-state index contributed by atoms with van der Waals surface area (Å²) in [7, 11) is 0. The molecule has 0 aliphatic carbocycles. The fourth-order valence-corrected chi connectivity index (χ4v) is 3.09. The zero-order valence-corrected chi connectivity index (χ0v) is 19.3. The summed E-state index contributed by atoms with van der Waals surface area (Å²) in [6.45, 7) is -0.121. The maximum atomic E-state index is 12.7. The first-order valence-corrected chi connectivity index (χ1v) is 11.0. The van der Waals surface area contributed by atoms with E-state index >= 15 is 0 Å². The van der Waals surface area contributed by atoms with Crippen molar-refractivity contribution in [2.24, 2.45) is 22.2 Å². The average molecular weight is 498 g/mol. The highest BCUT2D eigenvalue weighted by molar-refractivity contribution is 7.80.